The number of nitrogens with zero attached hydrogens (tertiary/aromatic N) is 2. The molecule has 0 unspecified atom stereocenters. The Morgan fingerprint density at radius 2 is 1.74 bits per heavy atom. The van der Waals surface area contributed by atoms with Gasteiger partial charge in [0.25, 0.3) is 5.91 Å². The van der Waals surface area contributed by atoms with Gasteiger partial charge in [0.15, 0.2) is 0 Å². The minimum atomic E-state index is -3.93. The number of piperidine rings is 1. The molecule has 0 bridgehead atoms. The van der Waals surface area contributed by atoms with Gasteiger partial charge in [-0.3, -0.25) is 29.2 Å². The molecule has 5 rings (SSSR count). The van der Waals surface area contributed by atoms with E-state index in [0.29, 0.717) is 25.9 Å². The van der Waals surface area contributed by atoms with Crippen LogP contribution in [0.3, 0.4) is 0 Å². The van der Waals surface area contributed by atoms with Crippen molar-refractivity contribution in [1.29, 1.82) is 0 Å². The van der Waals surface area contributed by atoms with Gasteiger partial charge in [-0.25, -0.2) is 18.0 Å². The summed E-state index contributed by atoms with van der Waals surface area (Å²) in [5, 5.41) is 4.61. The molecule has 15 nitrogen and oxygen atoms in total. The Bertz CT molecular complexity index is 1730. The predicted octanol–water partition coefficient (Wildman–Crippen LogP) is 3.12. The van der Waals surface area contributed by atoms with E-state index in [9.17, 15) is 37.2 Å². The average molecular weight is 758 g/mol. The van der Waals surface area contributed by atoms with Crippen LogP contribution in [0.15, 0.2) is 36.9 Å². The van der Waals surface area contributed by atoms with Crippen LogP contribution in [0.4, 0.5) is 10.5 Å². The highest BCUT2D eigenvalue weighted by atomic mass is 32.2. The van der Waals surface area contributed by atoms with Crippen molar-refractivity contribution in [1.82, 2.24) is 19.8 Å². The highest BCUT2D eigenvalue weighted by molar-refractivity contribution is 7.91. The second-order valence-electron chi connectivity index (χ2n) is 15.4. The van der Waals surface area contributed by atoms with E-state index >= 15 is 0 Å². The zero-order chi connectivity index (χ0) is 38.7. The molecule has 2 heterocycles. The first-order chi connectivity index (χ1) is 25.0. The zero-order valence-electron chi connectivity index (χ0n) is 30.9. The van der Waals surface area contributed by atoms with Crippen molar-refractivity contribution in [2.24, 2.45) is 17.3 Å². The van der Waals surface area contributed by atoms with Crippen molar-refractivity contribution in [2.75, 3.05) is 31.6 Å². The molecule has 2 aliphatic carbocycles. The fraction of sp³-hybridized carbons (Fsp3) is 0.622. The van der Waals surface area contributed by atoms with Crippen LogP contribution < -0.4 is 15.4 Å². The van der Waals surface area contributed by atoms with Gasteiger partial charge in [-0.15, -0.1) is 6.58 Å². The van der Waals surface area contributed by atoms with Crippen LogP contribution in [0, 0.1) is 17.3 Å². The maximum Gasteiger partial charge on any atom is 0.411 e. The van der Waals surface area contributed by atoms with Crippen LogP contribution in [0.1, 0.15) is 89.4 Å². The Kier molecular flexibility index (Phi) is 11.9. The summed E-state index contributed by atoms with van der Waals surface area (Å²) >= 11 is 0. The van der Waals surface area contributed by atoms with Crippen LogP contribution in [-0.4, -0.2) is 103 Å². The number of carbonyl (C=O) groups is 6. The summed E-state index contributed by atoms with van der Waals surface area (Å²) in [6.45, 7) is 12.0. The van der Waals surface area contributed by atoms with Gasteiger partial charge in [0.05, 0.1) is 35.6 Å². The number of carbonyl (C=O) groups excluding carboxylic acids is 6. The molecular formula is C37H51N5O10S. The lowest BCUT2D eigenvalue weighted by Gasteiger charge is -2.36. The van der Waals surface area contributed by atoms with Crippen molar-refractivity contribution in [2.45, 2.75) is 102 Å². The number of rotatable bonds is 13. The second-order valence-corrected chi connectivity index (χ2v) is 17.4. The molecule has 2 saturated carbocycles. The molecule has 3 N–H and O–H groups in total. The van der Waals surface area contributed by atoms with E-state index in [1.165, 1.54) is 23.1 Å². The lowest BCUT2D eigenvalue weighted by Crippen LogP contribution is -2.57. The third-order valence-corrected chi connectivity index (χ3v) is 12.3. The summed E-state index contributed by atoms with van der Waals surface area (Å²) in [6, 6.07) is 4.97. The number of likely N-dealkylation sites (tertiary alicyclic amines) is 2. The van der Waals surface area contributed by atoms with E-state index in [2.05, 4.69) is 21.9 Å². The maximum absolute atomic E-state index is 14.5. The summed E-state index contributed by atoms with van der Waals surface area (Å²) in [4.78, 5) is 84.3. The standard InChI is InChI=1S/C37H51N5O10S/c1-6-23-21-37(23,34(47)40-53(49,50)25-15-16-25)39-31(44)29-19-24(52-35(48)38-28-14-10-9-13-26(28)33(46)51-7-2)22-42(29)32(45)27(36(3,4)5)20-30(43)41-17-11-8-12-18-41/h6,9-10,13-14,23-25,27,29H,1,7-8,11-12,15-22H2,2-5H3,(H,38,48)(H,39,44)(H,40,47)/t23-,24-,27-,29+,37-/m1/s1. The number of benzene rings is 1. The van der Waals surface area contributed by atoms with Gasteiger partial charge in [0.2, 0.25) is 27.7 Å². The van der Waals surface area contributed by atoms with Crippen molar-refractivity contribution < 1.29 is 46.7 Å². The molecule has 2 aliphatic heterocycles. The number of anilines is 1. The molecule has 5 atom stereocenters. The SMILES string of the molecule is C=C[C@@H]1C[C@]1(NC(=O)[C@@H]1C[C@@H](OC(=O)Nc2ccccc2C(=O)OCC)CN1C(=O)[C@@H](CC(=O)N1CCCCC1)C(C)(C)C)C(=O)NS(=O)(=O)C1CC1. The Hall–Kier alpha value is -4.47. The van der Waals surface area contributed by atoms with Crippen LogP contribution in [-0.2, 0) is 38.7 Å². The van der Waals surface area contributed by atoms with Gasteiger partial charge in [-0.1, -0.05) is 39.0 Å². The molecule has 2 saturated heterocycles. The molecule has 16 heteroatoms. The topological polar surface area (TPSA) is 198 Å². The smallest absolute Gasteiger partial charge is 0.411 e. The van der Waals surface area contributed by atoms with Crippen molar-refractivity contribution in [3.8, 4) is 0 Å². The number of sulfonamides is 1. The Morgan fingerprint density at radius 1 is 1.06 bits per heavy atom. The second kappa shape index (κ2) is 15.9. The number of para-hydroxylation sites is 1. The van der Waals surface area contributed by atoms with Gasteiger partial charge >= 0.3 is 12.1 Å². The summed E-state index contributed by atoms with van der Waals surface area (Å²) in [6.07, 6.45) is 3.03. The maximum atomic E-state index is 14.5. The van der Waals surface area contributed by atoms with Gasteiger partial charge in [0, 0.05) is 31.8 Å². The third-order valence-electron chi connectivity index (χ3n) is 10.5. The molecule has 0 aromatic heterocycles. The van der Waals surface area contributed by atoms with Gasteiger partial charge in [0.1, 0.15) is 17.7 Å². The van der Waals surface area contributed by atoms with Gasteiger partial charge < -0.3 is 24.6 Å². The van der Waals surface area contributed by atoms with Crippen molar-refractivity contribution in [3.05, 3.63) is 42.5 Å². The number of nitrogens with one attached hydrogen (secondary N) is 3. The third kappa shape index (κ3) is 9.19. The largest absolute Gasteiger partial charge is 0.462 e. The summed E-state index contributed by atoms with van der Waals surface area (Å²) in [5.41, 5.74) is -2.07. The monoisotopic (exact) mass is 757 g/mol. The Balaban J connectivity index is 1.38. The van der Waals surface area contributed by atoms with Gasteiger partial charge in [-0.05, 0) is 63.0 Å². The van der Waals surface area contributed by atoms with E-state index in [4.69, 9.17) is 9.47 Å². The van der Waals surface area contributed by atoms with E-state index in [0.717, 1.165) is 19.3 Å². The molecule has 0 radical (unpaired) electrons. The molecule has 1 aromatic carbocycles. The minimum Gasteiger partial charge on any atom is -0.462 e. The normalized spacial score (nSPS) is 24.7. The van der Waals surface area contributed by atoms with E-state index in [-0.39, 0.29) is 49.6 Å². The van der Waals surface area contributed by atoms with Crippen LogP contribution in [0.25, 0.3) is 0 Å². The predicted molar refractivity (Wildman–Crippen MR) is 194 cm³/mol. The highest BCUT2D eigenvalue weighted by Gasteiger charge is 2.62. The van der Waals surface area contributed by atoms with Crippen molar-refractivity contribution >= 4 is 51.4 Å². The first-order valence-electron chi connectivity index (χ1n) is 18.3. The molecular weight excluding hydrogens is 706 g/mol. The number of ether oxygens (including phenoxy) is 2. The molecule has 1 aromatic rings. The fourth-order valence-electron chi connectivity index (χ4n) is 7.07. The summed E-state index contributed by atoms with van der Waals surface area (Å²) < 4.78 is 38.2. The molecule has 290 valence electrons. The quantitative estimate of drug-likeness (QED) is 0.199. The minimum absolute atomic E-state index is 0.0895. The lowest BCUT2D eigenvalue weighted by atomic mass is 9.77. The van der Waals surface area contributed by atoms with E-state index < -0.39 is 80.0 Å². The Labute approximate surface area is 310 Å². The van der Waals surface area contributed by atoms with Gasteiger partial charge in [-0.2, -0.15) is 0 Å². The summed E-state index contributed by atoms with van der Waals surface area (Å²) in [5.74, 6) is -4.34. The molecule has 4 aliphatic rings. The number of esters is 1. The van der Waals surface area contributed by atoms with E-state index in [1.807, 2.05) is 20.8 Å². The molecule has 53 heavy (non-hydrogen) atoms. The lowest BCUT2D eigenvalue weighted by molar-refractivity contribution is -0.148. The van der Waals surface area contributed by atoms with E-state index in [1.54, 1.807) is 24.0 Å². The first kappa shape index (κ1) is 39.7. The fourth-order valence-corrected chi connectivity index (χ4v) is 8.44. The zero-order valence-corrected chi connectivity index (χ0v) is 31.7. The Morgan fingerprint density at radius 3 is 2.34 bits per heavy atom. The average Bonchev–Trinajstić information content (AvgIpc) is 4.04. The highest BCUT2D eigenvalue weighted by Crippen LogP contribution is 2.46. The number of hydrogen-bond acceptors (Lipinski definition) is 10. The van der Waals surface area contributed by atoms with Crippen LogP contribution in [0.2, 0.25) is 0 Å². The number of hydrogen-bond donors (Lipinski definition) is 3. The number of amides is 5. The first-order valence-corrected chi connectivity index (χ1v) is 19.9. The molecule has 0 spiro atoms. The molecule has 4 fully saturated rings. The van der Waals surface area contributed by atoms with Crippen LogP contribution >= 0.6 is 0 Å². The van der Waals surface area contributed by atoms with Crippen LogP contribution in [0.5, 0.6) is 0 Å². The molecule has 5 amide bonds. The summed E-state index contributed by atoms with van der Waals surface area (Å²) in [7, 11) is -3.93. The van der Waals surface area contributed by atoms with Crippen molar-refractivity contribution in [3.63, 3.8) is 0 Å².